The van der Waals surface area contributed by atoms with Crippen molar-refractivity contribution in [2.45, 2.75) is 24.5 Å². The number of rotatable bonds is 5. The zero-order chi connectivity index (χ0) is 15.3. The molecular formula is C15H24N4OS. The van der Waals surface area contributed by atoms with E-state index in [9.17, 15) is 4.79 Å². The van der Waals surface area contributed by atoms with Crippen LogP contribution in [0.2, 0.25) is 0 Å². The van der Waals surface area contributed by atoms with Gasteiger partial charge >= 0.3 is 0 Å². The molecule has 2 heterocycles. The summed E-state index contributed by atoms with van der Waals surface area (Å²) in [6.07, 6.45) is 5.99. The molecule has 0 atom stereocenters. The van der Waals surface area contributed by atoms with Crippen LogP contribution in [0.5, 0.6) is 0 Å². The lowest BCUT2D eigenvalue weighted by Gasteiger charge is -2.41. The Bertz CT molecular complexity index is 480. The van der Waals surface area contributed by atoms with Crippen molar-refractivity contribution in [3.8, 4) is 0 Å². The first-order valence-corrected chi connectivity index (χ1v) is 8.61. The van der Waals surface area contributed by atoms with Crippen molar-refractivity contribution < 1.29 is 4.79 Å². The van der Waals surface area contributed by atoms with Gasteiger partial charge in [0.2, 0.25) is 0 Å². The van der Waals surface area contributed by atoms with E-state index in [-0.39, 0.29) is 10.7 Å². The topological polar surface area (TPSA) is 71.2 Å². The van der Waals surface area contributed by atoms with Crippen LogP contribution in [0, 0.1) is 0 Å². The third-order valence-electron chi connectivity index (χ3n) is 4.16. The van der Waals surface area contributed by atoms with Gasteiger partial charge in [0, 0.05) is 42.8 Å². The molecule has 0 unspecified atom stereocenters. The Morgan fingerprint density at radius 3 is 2.81 bits per heavy atom. The number of pyridine rings is 1. The van der Waals surface area contributed by atoms with Crippen LogP contribution >= 0.6 is 11.8 Å². The second-order valence-corrected chi connectivity index (χ2v) is 6.61. The highest BCUT2D eigenvalue weighted by molar-refractivity contribution is 8.00. The summed E-state index contributed by atoms with van der Waals surface area (Å²) in [6.45, 7) is 5.18. The fourth-order valence-electron chi connectivity index (χ4n) is 2.66. The second-order valence-electron chi connectivity index (χ2n) is 5.34. The first-order chi connectivity index (χ1) is 10.1. The molecule has 1 aromatic rings. The van der Waals surface area contributed by atoms with E-state index in [0.717, 1.165) is 38.2 Å². The summed E-state index contributed by atoms with van der Waals surface area (Å²) in [4.78, 5) is 18.3. The van der Waals surface area contributed by atoms with Crippen molar-refractivity contribution in [2.24, 2.45) is 5.73 Å². The van der Waals surface area contributed by atoms with E-state index in [1.165, 1.54) is 0 Å². The molecule has 1 saturated heterocycles. The highest BCUT2D eigenvalue weighted by Crippen LogP contribution is 2.35. The SMILES string of the molecule is CCNC(=O)c1cc(N2CCC(CN)(SC)CC2)ccn1. The number of anilines is 1. The number of aromatic nitrogens is 1. The molecule has 21 heavy (non-hydrogen) atoms. The molecule has 1 amide bonds. The maximum Gasteiger partial charge on any atom is 0.269 e. The van der Waals surface area contributed by atoms with Crippen LogP contribution < -0.4 is 16.0 Å². The fourth-order valence-corrected chi connectivity index (χ4v) is 3.41. The average Bonchev–Trinajstić information content (AvgIpc) is 2.55. The Kier molecular flexibility index (Phi) is 5.47. The van der Waals surface area contributed by atoms with Crippen LogP contribution in [0.25, 0.3) is 0 Å². The number of nitrogens with zero attached hydrogens (tertiary/aromatic N) is 2. The van der Waals surface area contributed by atoms with Crippen LogP contribution in [-0.2, 0) is 0 Å². The van der Waals surface area contributed by atoms with Gasteiger partial charge in [-0.3, -0.25) is 9.78 Å². The quantitative estimate of drug-likeness (QED) is 0.862. The zero-order valence-electron chi connectivity index (χ0n) is 12.8. The molecule has 0 radical (unpaired) electrons. The standard InChI is InChI=1S/C15H24N4OS/c1-3-17-14(20)13-10-12(4-7-18-13)19-8-5-15(11-16,21-2)6-9-19/h4,7,10H,3,5-6,8-9,11,16H2,1-2H3,(H,17,20). The molecule has 1 aliphatic rings. The van der Waals surface area contributed by atoms with Crippen molar-refractivity contribution in [1.82, 2.24) is 10.3 Å². The molecule has 5 nitrogen and oxygen atoms in total. The van der Waals surface area contributed by atoms with Crippen molar-refractivity contribution in [2.75, 3.05) is 37.3 Å². The van der Waals surface area contributed by atoms with E-state index >= 15 is 0 Å². The minimum Gasteiger partial charge on any atom is -0.371 e. The van der Waals surface area contributed by atoms with Crippen molar-refractivity contribution in [3.05, 3.63) is 24.0 Å². The van der Waals surface area contributed by atoms with Gasteiger partial charge in [0.05, 0.1) is 0 Å². The molecule has 1 aliphatic heterocycles. The highest BCUT2D eigenvalue weighted by atomic mass is 32.2. The van der Waals surface area contributed by atoms with E-state index in [1.807, 2.05) is 30.8 Å². The molecule has 0 aliphatic carbocycles. The summed E-state index contributed by atoms with van der Waals surface area (Å²) in [5.74, 6) is -0.114. The summed E-state index contributed by atoms with van der Waals surface area (Å²) in [7, 11) is 0. The normalized spacial score (nSPS) is 17.6. The zero-order valence-corrected chi connectivity index (χ0v) is 13.6. The predicted molar refractivity (Wildman–Crippen MR) is 89.0 cm³/mol. The number of carbonyl (C=O) groups is 1. The smallest absolute Gasteiger partial charge is 0.269 e. The second kappa shape index (κ2) is 7.13. The molecule has 1 fully saturated rings. The van der Waals surface area contributed by atoms with Crippen LogP contribution in [0.15, 0.2) is 18.3 Å². The molecule has 116 valence electrons. The maximum atomic E-state index is 11.9. The Balaban J connectivity index is 2.07. The van der Waals surface area contributed by atoms with Gasteiger partial charge in [0.15, 0.2) is 0 Å². The molecule has 1 aromatic heterocycles. The van der Waals surface area contributed by atoms with Crippen LogP contribution in [0.3, 0.4) is 0 Å². The van der Waals surface area contributed by atoms with Gasteiger partial charge in [-0.25, -0.2) is 0 Å². The molecule has 0 saturated carbocycles. The third kappa shape index (κ3) is 3.68. The van der Waals surface area contributed by atoms with Gasteiger partial charge in [-0.1, -0.05) is 0 Å². The number of carbonyl (C=O) groups excluding carboxylic acids is 1. The van der Waals surface area contributed by atoms with Crippen molar-refractivity contribution >= 4 is 23.4 Å². The first-order valence-electron chi connectivity index (χ1n) is 7.38. The maximum absolute atomic E-state index is 11.9. The number of nitrogens with one attached hydrogen (secondary N) is 1. The third-order valence-corrected chi connectivity index (χ3v) is 5.60. The number of hydrogen-bond acceptors (Lipinski definition) is 5. The van der Waals surface area contributed by atoms with Crippen molar-refractivity contribution in [1.29, 1.82) is 0 Å². The molecular weight excluding hydrogens is 284 g/mol. The van der Waals surface area contributed by atoms with Crippen LogP contribution in [0.4, 0.5) is 5.69 Å². The lowest BCUT2D eigenvalue weighted by molar-refractivity contribution is 0.0951. The van der Waals surface area contributed by atoms with E-state index in [0.29, 0.717) is 12.2 Å². The minimum atomic E-state index is -0.114. The van der Waals surface area contributed by atoms with Gasteiger partial charge in [0.25, 0.3) is 5.91 Å². The van der Waals surface area contributed by atoms with Gasteiger partial charge in [0.1, 0.15) is 5.69 Å². The number of thioether (sulfide) groups is 1. The lowest BCUT2D eigenvalue weighted by Crippen LogP contribution is -2.46. The Hall–Kier alpha value is -1.27. The van der Waals surface area contributed by atoms with Crippen LogP contribution in [0.1, 0.15) is 30.3 Å². The highest BCUT2D eigenvalue weighted by Gasteiger charge is 2.32. The van der Waals surface area contributed by atoms with Gasteiger partial charge in [-0.15, -0.1) is 0 Å². The summed E-state index contributed by atoms with van der Waals surface area (Å²) in [5, 5.41) is 2.78. The van der Waals surface area contributed by atoms with Crippen LogP contribution in [-0.4, -0.2) is 48.1 Å². The summed E-state index contributed by atoms with van der Waals surface area (Å²) < 4.78 is 0.214. The molecule has 0 spiro atoms. The fraction of sp³-hybridized carbons (Fsp3) is 0.600. The number of hydrogen-bond donors (Lipinski definition) is 2. The van der Waals surface area contributed by atoms with Gasteiger partial charge in [-0.2, -0.15) is 11.8 Å². The number of amides is 1. The Morgan fingerprint density at radius 2 is 2.24 bits per heavy atom. The molecule has 0 bridgehead atoms. The summed E-state index contributed by atoms with van der Waals surface area (Å²) in [6, 6.07) is 3.84. The molecule has 0 aromatic carbocycles. The van der Waals surface area contributed by atoms with Gasteiger partial charge < -0.3 is 16.0 Å². The summed E-state index contributed by atoms with van der Waals surface area (Å²) in [5.41, 5.74) is 7.48. The Labute approximate surface area is 130 Å². The van der Waals surface area contributed by atoms with E-state index in [2.05, 4.69) is 21.5 Å². The Morgan fingerprint density at radius 1 is 1.52 bits per heavy atom. The van der Waals surface area contributed by atoms with E-state index in [4.69, 9.17) is 5.73 Å². The lowest BCUT2D eigenvalue weighted by atomic mass is 9.95. The number of nitrogens with two attached hydrogens (primary N) is 1. The largest absolute Gasteiger partial charge is 0.371 e. The monoisotopic (exact) mass is 308 g/mol. The molecule has 3 N–H and O–H groups in total. The van der Waals surface area contributed by atoms with E-state index in [1.54, 1.807) is 6.20 Å². The first kappa shape index (κ1) is 16.1. The molecule has 6 heteroatoms. The van der Waals surface area contributed by atoms with Crippen molar-refractivity contribution in [3.63, 3.8) is 0 Å². The average molecular weight is 308 g/mol. The summed E-state index contributed by atoms with van der Waals surface area (Å²) >= 11 is 1.88. The molecule has 2 rings (SSSR count). The van der Waals surface area contributed by atoms with Gasteiger partial charge in [-0.05, 0) is 38.2 Å². The van der Waals surface area contributed by atoms with E-state index < -0.39 is 0 Å². The predicted octanol–water partition coefficient (Wildman–Crippen LogP) is 1.49. The number of piperidine rings is 1. The minimum absolute atomic E-state index is 0.114.